The zero-order chi connectivity index (χ0) is 13.8. The van der Waals surface area contributed by atoms with Crippen molar-refractivity contribution >= 4 is 23.3 Å². The first kappa shape index (κ1) is 14.4. The lowest BCUT2D eigenvalue weighted by Crippen LogP contribution is -2.18. The lowest BCUT2D eigenvalue weighted by Gasteiger charge is -2.16. The van der Waals surface area contributed by atoms with Crippen molar-refractivity contribution in [3.05, 3.63) is 35.4 Å². The number of benzene rings is 1. The van der Waals surface area contributed by atoms with Crippen LogP contribution in [0.3, 0.4) is 0 Å². The van der Waals surface area contributed by atoms with E-state index in [1.165, 1.54) is 29.4 Å². The van der Waals surface area contributed by atoms with Crippen LogP contribution in [0, 0.1) is 12.7 Å². The van der Waals surface area contributed by atoms with Gasteiger partial charge < -0.3 is 5.32 Å². The second-order valence-electron chi connectivity index (χ2n) is 4.17. The second kappa shape index (κ2) is 6.45. The molecule has 0 aliphatic heterocycles. The summed E-state index contributed by atoms with van der Waals surface area (Å²) < 4.78 is 18.5. The minimum atomic E-state index is -0.211. The number of halogens is 1. The summed E-state index contributed by atoms with van der Waals surface area (Å²) in [6.07, 6.45) is 0. The van der Waals surface area contributed by atoms with E-state index in [2.05, 4.69) is 14.7 Å². The average Bonchev–Trinajstić information content (AvgIpc) is 2.77. The zero-order valence-electron chi connectivity index (χ0n) is 11.1. The monoisotopic (exact) mass is 297 g/mol. The standard InChI is InChI=1S/C13H16FN3S2/c1-4-15-8(2)11-7-10(14)5-6-12(11)18-13-16-9(3)17-19-13/h5-8,15H,4H2,1-3H3. The first-order valence-electron chi connectivity index (χ1n) is 6.11. The predicted octanol–water partition coefficient (Wildman–Crippen LogP) is 3.81. The first-order chi connectivity index (χ1) is 9.10. The van der Waals surface area contributed by atoms with Gasteiger partial charge in [0.05, 0.1) is 0 Å². The van der Waals surface area contributed by atoms with E-state index in [4.69, 9.17) is 0 Å². The Balaban J connectivity index is 2.28. The normalized spacial score (nSPS) is 12.6. The van der Waals surface area contributed by atoms with Gasteiger partial charge in [0, 0.05) is 10.9 Å². The van der Waals surface area contributed by atoms with Crippen molar-refractivity contribution in [3.63, 3.8) is 0 Å². The van der Waals surface area contributed by atoms with Gasteiger partial charge in [-0.3, -0.25) is 0 Å². The van der Waals surface area contributed by atoms with E-state index in [1.807, 2.05) is 20.8 Å². The number of aryl methyl sites for hydroxylation is 1. The van der Waals surface area contributed by atoms with Gasteiger partial charge in [0.15, 0.2) is 4.34 Å². The van der Waals surface area contributed by atoms with Crippen molar-refractivity contribution in [2.45, 2.75) is 36.0 Å². The molecule has 1 heterocycles. The van der Waals surface area contributed by atoms with E-state index in [0.717, 1.165) is 27.2 Å². The van der Waals surface area contributed by atoms with Crippen molar-refractivity contribution in [3.8, 4) is 0 Å². The summed E-state index contributed by atoms with van der Waals surface area (Å²) in [5.74, 6) is 0.563. The molecular formula is C13H16FN3S2. The number of nitrogens with one attached hydrogen (secondary N) is 1. The fraction of sp³-hybridized carbons (Fsp3) is 0.385. The van der Waals surface area contributed by atoms with Crippen molar-refractivity contribution in [2.75, 3.05) is 6.54 Å². The Morgan fingerprint density at radius 2 is 2.26 bits per heavy atom. The molecule has 2 aromatic rings. The summed E-state index contributed by atoms with van der Waals surface area (Å²) in [7, 11) is 0. The molecule has 1 unspecified atom stereocenters. The molecular weight excluding hydrogens is 281 g/mol. The number of hydrogen-bond acceptors (Lipinski definition) is 5. The first-order valence-corrected chi connectivity index (χ1v) is 7.70. The van der Waals surface area contributed by atoms with Crippen LogP contribution >= 0.6 is 23.3 Å². The summed E-state index contributed by atoms with van der Waals surface area (Å²) in [4.78, 5) is 5.35. The molecule has 102 valence electrons. The highest BCUT2D eigenvalue weighted by Crippen LogP contribution is 2.34. The molecule has 1 aromatic carbocycles. The molecule has 0 radical (unpaired) electrons. The Morgan fingerprint density at radius 3 is 2.89 bits per heavy atom. The fourth-order valence-corrected chi connectivity index (χ4v) is 3.59. The summed E-state index contributed by atoms with van der Waals surface area (Å²) in [6, 6.07) is 4.99. The summed E-state index contributed by atoms with van der Waals surface area (Å²) in [5, 5.41) is 3.31. The Morgan fingerprint density at radius 1 is 1.47 bits per heavy atom. The van der Waals surface area contributed by atoms with Crippen LogP contribution in [0.1, 0.15) is 31.3 Å². The highest BCUT2D eigenvalue weighted by atomic mass is 32.2. The highest BCUT2D eigenvalue weighted by Gasteiger charge is 2.13. The van der Waals surface area contributed by atoms with E-state index in [0.29, 0.717) is 0 Å². The summed E-state index contributed by atoms with van der Waals surface area (Å²) in [6.45, 7) is 6.79. The SMILES string of the molecule is CCNC(C)c1cc(F)ccc1Sc1nc(C)ns1. The third-order valence-electron chi connectivity index (χ3n) is 2.65. The lowest BCUT2D eigenvalue weighted by atomic mass is 10.1. The quantitative estimate of drug-likeness (QED) is 0.910. The minimum Gasteiger partial charge on any atom is -0.310 e. The smallest absolute Gasteiger partial charge is 0.174 e. The van der Waals surface area contributed by atoms with Gasteiger partial charge in [0.25, 0.3) is 0 Å². The molecule has 6 heteroatoms. The molecule has 2 rings (SSSR count). The van der Waals surface area contributed by atoms with Crippen LogP contribution < -0.4 is 5.32 Å². The number of aromatic nitrogens is 2. The molecule has 0 aliphatic rings. The van der Waals surface area contributed by atoms with Crippen LogP contribution in [-0.2, 0) is 0 Å². The Hall–Kier alpha value is -0.980. The molecule has 1 N–H and O–H groups in total. The summed E-state index contributed by atoms with van der Waals surface area (Å²) in [5.41, 5.74) is 0.958. The largest absolute Gasteiger partial charge is 0.310 e. The summed E-state index contributed by atoms with van der Waals surface area (Å²) >= 11 is 2.91. The predicted molar refractivity (Wildman–Crippen MR) is 77.3 cm³/mol. The maximum Gasteiger partial charge on any atom is 0.174 e. The van der Waals surface area contributed by atoms with E-state index < -0.39 is 0 Å². The van der Waals surface area contributed by atoms with Gasteiger partial charge in [-0.15, -0.1) is 0 Å². The van der Waals surface area contributed by atoms with E-state index >= 15 is 0 Å². The lowest BCUT2D eigenvalue weighted by molar-refractivity contribution is 0.574. The number of rotatable bonds is 5. The van der Waals surface area contributed by atoms with E-state index in [-0.39, 0.29) is 11.9 Å². The van der Waals surface area contributed by atoms with Gasteiger partial charge >= 0.3 is 0 Å². The molecule has 1 atom stereocenters. The molecule has 0 bridgehead atoms. The molecule has 0 saturated heterocycles. The Labute approximate surface area is 120 Å². The van der Waals surface area contributed by atoms with Crippen LogP contribution in [-0.4, -0.2) is 15.9 Å². The Kier molecular flexibility index (Phi) is 4.90. The van der Waals surface area contributed by atoms with Crippen LogP contribution in [0.15, 0.2) is 27.4 Å². The minimum absolute atomic E-state index is 0.109. The average molecular weight is 297 g/mol. The number of nitrogens with zero attached hydrogens (tertiary/aromatic N) is 2. The molecule has 0 fully saturated rings. The maximum absolute atomic E-state index is 13.4. The third-order valence-corrected chi connectivity index (χ3v) is 4.59. The van der Waals surface area contributed by atoms with Gasteiger partial charge in [-0.25, -0.2) is 9.37 Å². The van der Waals surface area contributed by atoms with Crippen molar-refractivity contribution in [2.24, 2.45) is 0 Å². The molecule has 3 nitrogen and oxygen atoms in total. The van der Waals surface area contributed by atoms with Gasteiger partial charge in [0.2, 0.25) is 0 Å². The Bertz CT molecular complexity index is 557. The van der Waals surface area contributed by atoms with Crippen LogP contribution in [0.4, 0.5) is 4.39 Å². The van der Waals surface area contributed by atoms with Gasteiger partial charge in [-0.2, -0.15) is 4.37 Å². The highest BCUT2D eigenvalue weighted by molar-refractivity contribution is 8.01. The molecule has 1 aromatic heterocycles. The van der Waals surface area contributed by atoms with Crippen molar-refractivity contribution in [1.29, 1.82) is 0 Å². The molecule has 19 heavy (non-hydrogen) atoms. The van der Waals surface area contributed by atoms with Crippen LogP contribution in [0.25, 0.3) is 0 Å². The topological polar surface area (TPSA) is 37.8 Å². The molecule has 0 saturated carbocycles. The molecule has 0 spiro atoms. The van der Waals surface area contributed by atoms with Crippen molar-refractivity contribution < 1.29 is 4.39 Å². The zero-order valence-corrected chi connectivity index (χ0v) is 12.7. The van der Waals surface area contributed by atoms with E-state index in [9.17, 15) is 4.39 Å². The third kappa shape index (κ3) is 3.75. The van der Waals surface area contributed by atoms with Gasteiger partial charge in [-0.1, -0.05) is 18.7 Å². The second-order valence-corrected chi connectivity index (χ2v) is 6.21. The maximum atomic E-state index is 13.4. The van der Waals surface area contributed by atoms with Crippen molar-refractivity contribution in [1.82, 2.24) is 14.7 Å². The molecule has 0 amide bonds. The molecule has 0 aliphatic carbocycles. The fourth-order valence-electron chi connectivity index (χ4n) is 1.78. The van der Waals surface area contributed by atoms with Crippen LogP contribution in [0.2, 0.25) is 0 Å². The van der Waals surface area contributed by atoms with E-state index in [1.54, 1.807) is 12.1 Å². The van der Waals surface area contributed by atoms with Gasteiger partial charge in [-0.05, 0) is 55.7 Å². The van der Waals surface area contributed by atoms with Crippen LogP contribution in [0.5, 0.6) is 0 Å². The van der Waals surface area contributed by atoms with Gasteiger partial charge in [0.1, 0.15) is 11.6 Å². The number of hydrogen-bond donors (Lipinski definition) is 1.